The number of hydrogen-bond acceptors (Lipinski definition) is 1. The van der Waals surface area contributed by atoms with E-state index in [2.05, 4.69) is 92.2 Å². The number of rotatable bonds is 20. The summed E-state index contributed by atoms with van der Waals surface area (Å²) in [7, 11) is 0. The fourth-order valence-corrected chi connectivity index (χ4v) is 6.16. The quantitative estimate of drug-likeness (QED) is 0.137. The Morgan fingerprint density at radius 1 is 0.684 bits per heavy atom. The van der Waals surface area contributed by atoms with Crippen LogP contribution in [0.5, 0.6) is 0 Å². The summed E-state index contributed by atoms with van der Waals surface area (Å²) in [4.78, 5) is 5.04. The van der Waals surface area contributed by atoms with Gasteiger partial charge in [-0.05, 0) is 30.4 Å². The molecule has 0 spiro atoms. The summed E-state index contributed by atoms with van der Waals surface area (Å²) in [6.07, 6.45) is 24.1. The van der Waals surface area contributed by atoms with E-state index in [-0.39, 0.29) is 5.41 Å². The lowest BCUT2D eigenvalue weighted by Crippen LogP contribution is -2.35. The Labute approximate surface area is 234 Å². The molecule has 2 aromatic carbocycles. The van der Waals surface area contributed by atoms with Crippen molar-refractivity contribution >= 4 is 0 Å². The Morgan fingerprint density at radius 3 is 1.84 bits per heavy atom. The highest BCUT2D eigenvalue weighted by molar-refractivity contribution is 5.33. The third-order valence-corrected chi connectivity index (χ3v) is 8.52. The summed E-state index contributed by atoms with van der Waals surface area (Å²) in [6.45, 7) is 8.14. The van der Waals surface area contributed by atoms with E-state index in [1.54, 1.807) is 0 Å². The monoisotopic (exact) mass is 514 g/mol. The van der Waals surface area contributed by atoms with Crippen molar-refractivity contribution in [3.8, 4) is 0 Å². The molecule has 208 valence electrons. The van der Waals surface area contributed by atoms with Crippen molar-refractivity contribution in [2.24, 2.45) is 0 Å². The van der Waals surface area contributed by atoms with Crippen LogP contribution in [-0.4, -0.2) is 9.55 Å². The normalized spacial score (nSPS) is 13.9. The van der Waals surface area contributed by atoms with Crippen molar-refractivity contribution < 1.29 is 0 Å². The van der Waals surface area contributed by atoms with Crippen LogP contribution in [0.25, 0.3) is 0 Å². The van der Waals surface area contributed by atoms with Crippen molar-refractivity contribution in [3.63, 3.8) is 0 Å². The van der Waals surface area contributed by atoms with Gasteiger partial charge in [0.25, 0.3) is 0 Å². The summed E-state index contributed by atoms with van der Waals surface area (Å²) in [5.41, 5.74) is 2.83. The first-order chi connectivity index (χ1) is 18.7. The van der Waals surface area contributed by atoms with E-state index in [9.17, 15) is 0 Å². The van der Waals surface area contributed by atoms with Crippen LogP contribution in [0.1, 0.15) is 134 Å². The summed E-state index contributed by atoms with van der Waals surface area (Å²) < 4.78 is 2.46. The fraction of sp³-hybridized carbons (Fsp3) is 0.583. The predicted octanol–water partition coefficient (Wildman–Crippen LogP) is 10.7. The molecule has 1 heterocycles. The SMILES string of the molecule is CCCCCCCCCCCCCC(c1nccn1CCCC)C(C)(Cc1ccccc1)c1ccccc1. The molecule has 0 aliphatic rings. The molecule has 2 unspecified atom stereocenters. The predicted molar refractivity (Wildman–Crippen MR) is 165 cm³/mol. The summed E-state index contributed by atoms with van der Waals surface area (Å²) in [5.74, 6) is 1.67. The molecule has 2 atom stereocenters. The average molecular weight is 515 g/mol. The molecule has 1 aromatic heterocycles. The third kappa shape index (κ3) is 9.44. The molecule has 3 rings (SSSR count). The molecule has 0 aliphatic heterocycles. The molecular weight excluding hydrogens is 460 g/mol. The maximum absolute atomic E-state index is 5.04. The van der Waals surface area contributed by atoms with Gasteiger partial charge in [-0.3, -0.25) is 0 Å². The lowest BCUT2D eigenvalue weighted by Gasteiger charge is -2.39. The first-order valence-corrected chi connectivity index (χ1v) is 15.8. The Bertz CT molecular complexity index is 977. The van der Waals surface area contributed by atoms with E-state index >= 15 is 0 Å². The van der Waals surface area contributed by atoms with Gasteiger partial charge in [-0.1, -0.05) is 158 Å². The molecule has 0 amide bonds. The number of nitrogens with zero attached hydrogens (tertiary/aromatic N) is 2. The molecule has 38 heavy (non-hydrogen) atoms. The van der Waals surface area contributed by atoms with Crippen molar-refractivity contribution in [3.05, 3.63) is 90.0 Å². The molecule has 0 fully saturated rings. The minimum atomic E-state index is -0.0174. The maximum atomic E-state index is 5.04. The standard InChI is InChI=1S/C36H54N2/c1-4-6-8-9-10-11-12-13-14-15-22-27-34(35-37-28-30-38(35)29-7-5-2)36(3,33-25-20-17-21-26-33)31-32-23-18-16-19-24-32/h16-21,23-26,28,30,34H,4-15,22,27,29,31H2,1-3H3. The number of imidazole rings is 1. The van der Waals surface area contributed by atoms with Crippen LogP contribution < -0.4 is 0 Å². The zero-order chi connectivity index (χ0) is 26.9. The van der Waals surface area contributed by atoms with Gasteiger partial charge in [-0.25, -0.2) is 4.98 Å². The number of aromatic nitrogens is 2. The molecule has 2 nitrogen and oxygen atoms in total. The van der Waals surface area contributed by atoms with Crippen molar-refractivity contribution in [2.45, 2.75) is 135 Å². The van der Waals surface area contributed by atoms with Crippen LogP contribution in [0.15, 0.2) is 73.1 Å². The number of benzene rings is 2. The molecule has 2 heteroatoms. The Kier molecular flexibility index (Phi) is 13.7. The Hall–Kier alpha value is -2.35. The zero-order valence-electron chi connectivity index (χ0n) is 24.7. The molecule has 3 aromatic rings. The molecular formula is C36H54N2. The van der Waals surface area contributed by atoms with E-state index in [4.69, 9.17) is 4.98 Å². The van der Waals surface area contributed by atoms with Gasteiger partial charge in [-0.2, -0.15) is 0 Å². The van der Waals surface area contributed by atoms with Crippen molar-refractivity contribution in [2.75, 3.05) is 0 Å². The highest BCUT2D eigenvalue weighted by Gasteiger charge is 2.39. The lowest BCUT2D eigenvalue weighted by molar-refractivity contribution is 0.321. The minimum absolute atomic E-state index is 0.0174. The smallest absolute Gasteiger partial charge is 0.112 e. The van der Waals surface area contributed by atoms with Gasteiger partial charge in [-0.15, -0.1) is 0 Å². The Balaban J connectivity index is 1.72. The van der Waals surface area contributed by atoms with Crippen LogP contribution in [0.3, 0.4) is 0 Å². The molecule has 0 N–H and O–H groups in total. The number of aryl methyl sites for hydroxylation is 1. The highest BCUT2D eigenvalue weighted by Crippen LogP contribution is 2.44. The molecule has 0 saturated carbocycles. The zero-order valence-corrected chi connectivity index (χ0v) is 24.7. The second-order valence-electron chi connectivity index (χ2n) is 11.7. The minimum Gasteiger partial charge on any atom is -0.335 e. The van der Waals surface area contributed by atoms with Gasteiger partial charge in [0.15, 0.2) is 0 Å². The number of unbranched alkanes of at least 4 members (excludes halogenated alkanes) is 11. The van der Waals surface area contributed by atoms with Gasteiger partial charge in [0.05, 0.1) is 0 Å². The first kappa shape index (κ1) is 30.2. The maximum Gasteiger partial charge on any atom is 0.112 e. The third-order valence-electron chi connectivity index (χ3n) is 8.52. The second kappa shape index (κ2) is 17.3. The molecule has 0 radical (unpaired) electrons. The average Bonchev–Trinajstić information content (AvgIpc) is 3.41. The fourth-order valence-electron chi connectivity index (χ4n) is 6.16. The van der Waals surface area contributed by atoms with Gasteiger partial charge in [0, 0.05) is 30.3 Å². The molecule has 0 bridgehead atoms. The van der Waals surface area contributed by atoms with Crippen LogP contribution in [0, 0.1) is 0 Å². The largest absolute Gasteiger partial charge is 0.335 e. The van der Waals surface area contributed by atoms with Crippen LogP contribution in [0.4, 0.5) is 0 Å². The summed E-state index contributed by atoms with van der Waals surface area (Å²) >= 11 is 0. The second-order valence-corrected chi connectivity index (χ2v) is 11.7. The lowest BCUT2D eigenvalue weighted by atomic mass is 9.66. The number of hydrogen-bond donors (Lipinski definition) is 0. The van der Waals surface area contributed by atoms with Crippen LogP contribution in [-0.2, 0) is 18.4 Å². The van der Waals surface area contributed by atoms with E-state index in [0.717, 1.165) is 13.0 Å². The van der Waals surface area contributed by atoms with Crippen LogP contribution >= 0.6 is 0 Å². The topological polar surface area (TPSA) is 17.8 Å². The van der Waals surface area contributed by atoms with Crippen LogP contribution in [0.2, 0.25) is 0 Å². The van der Waals surface area contributed by atoms with Gasteiger partial charge < -0.3 is 4.57 Å². The first-order valence-electron chi connectivity index (χ1n) is 15.8. The van der Waals surface area contributed by atoms with Gasteiger partial charge >= 0.3 is 0 Å². The van der Waals surface area contributed by atoms with E-state index in [1.165, 1.54) is 107 Å². The van der Waals surface area contributed by atoms with Gasteiger partial charge in [0.2, 0.25) is 0 Å². The molecule has 0 aliphatic carbocycles. The summed E-state index contributed by atoms with van der Waals surface area (Å²) in [6, 6.07) is 22.3. The Morgan fingerprint density at radius 2 is 1.24 bits per heavy atom. The van der Waals surface area contributed by atoms with E-state index in [1.807, 2.05) is 6.20 Å². The van der Waals surface area contributed by atoms with E-state index in [0.29, 0.717) is 5.92 Å². The van der Waals surface area contributed by atoms with Crippen molar-refractivity contribution in [1.29, 1.82) is 0 Å². The molecule has 0 saturated heterocycles. The summed E-state index contributed by atoms with van der Waals surface area (Å²) in [5, 5.41) is 0. The van der Waals surface area contributed by atoms with Gasteiger partial charge in [0.1, 0.15) is 5.82 Å². The van der Waals surface area contributed by atoms with E-state index < -0.39 is 0 Å². The van der Waals surface area contributed by atoms with Crippen molar-refractivity contribution in [1.82, 2.24) is 9.55 Å². The highest BCUT2D eigenvalue weighted by atomic mass is 15.1.